The Kier molecular flexibility index (Phi) is 5.52. The zero-order valence-corrected chi connectivity index (χ0v) is 12.9. The van der Waals surface area contributed by atoms with E-state index in [2.05, 4.69) is 5.32 Å². The van der Waals surface area contributed by atoms with Gasteiger partial charge in [-0.2, -0.15) is 0 Å². The second-order valence-corrected chi connectivity index (χ2v) is 5.57. The van der Waals surface area contributed by atoms with Crippen LogP contribution >= 0.6 is 11.6 Å². The van der Waals surface area contributed by atoms with Crippen LogP contribution in [0.3, 0.4) is 0 Å². The molecule has 0 spiro atoms. The summed E-state index contributed by atoms with van der Waals surface area (Å²) in [6.07, 6.45) is -0.956. The SMILES string of the molecule is Cc1ccc(CNC(=O)CC(O)c2ccc(Cl)cc2)cc1F. The number of carbonyl (C=O) groups excluding carboxylic acids is 1. The number of hydrogen-bond donors (Lipinski definition) is 2. The number of aliphatic hydroxyl groups is 1. The molecule has 0 aliphatic carbocycles. The van der Waals surface area contributed by atoms with Crippen molar-refractivity contribution < 1.29 is 14.3 Å². The number of halogens is 2. The number of benzene rings is 2. The molecule has 22 heavy (non-hydrogen) atoms. The first-order chi connectivity index (χ1) is 10.5. The van der Waals surface area contributed by atoms with Crippen LogP contribution in [0.25, 0.3) is 0 Å². The molecule has 1 unspecified atom stereocenters. The molecule has 3 nitrogen and oxygen atoms in total. The molecule has 2 N–H and O–H groups in total. The molecular formula is C17H17ClFNO2. The van der Waals surface area contributed by atoms with Crippen molar-refractivity contribution in [2.45, 2.75) is 26.0 Å². The third-order valence-corrected chi connectivity index (χ3v) is 3.61. The van der Waals surface area contributed by atoms with Gasteiger partial charge >= 0.3 is 0 Å². The van der Waals surface area contributed by atoms with Crippen molar-refractivity contribution in [3.63, 3.8) is 0 Å². The number of aliphatic hydroxyl groups excluding tert-OH is 1. The maximum atomic E-state index is 13.4. The van der Waals surface area contributed by atoms with Gasteiger partial charge in [-0.15, -0.1) is 0 Å². The van der Waals surface area contributed by atoms with Gasteiger partial charge < -0.3 is 10.4 Å². The minimum absolute atomic E-state index is 0.0595. The van der Waals surface area contributed by atoms with Gasteiger partial charge in [0.05, 0.1) is 12.5 Å². The predicted molar refractivity (Wildman–Crippen MR) is 84.0 cm³/mol. The van der Waals surface area contributed by atoms with Gasteiger partial charge in [-0.3, -0.25) is 4.79 Å². The van der Waals surface area contributed by atoms with Crippen molar-refractivity contribution in [3.8, 4) is 0 Å². The van der Waals surface area contributed by atoms with E-state index in [1.54, 1.807) is 43.3 Å². The van der Waals surface area contributed by atoms with Crippen LogP contribution in [0, 0.1) is 12.7 Å². The quantitative estimate of drug-likeness (QED) is 0.885. The molecule has 0 aromatic heterocycles. The molecule has 0 aliphatic heterocycles. The Hall–Kier alpha value is -1.91. The van der Waals surface area contributed by atoms with Crippen LogP contribution in [0.4, 0.5) is 4.39 Å². The van der Waals surface area contributed by atoms with Crippen molar-refractivity contribution in [1.29, 1.82) is 0 Å². The fourth-order valence-electron chi connectivity index (χ4n) is 2.00. The van der Waals surface area contributed by atoms with Crippen LogP contribution in [0.5, 0.6) is 0 Å². The predicted octanol–water partition coefficient (Wildman–Crippen LogP) is 3.53. The molecular weight excluding hydrogens is 305 g/mol. The maximum absolute atomic E-state index is 13.4. The number of aryl methyl sites for hydroxylation is 1. The highest BCUT2D eigenvalue weighted by Gasteiger charge is 2.13. The van der Waals surface area contributed by atoms with Crippen LogP contribution in [-0.4, -0.2) is 11.0 Å². The van der Waals surface area contributed by atoms with Crippen LogP contribution in [-0.2, 0) is 11.3 Å². The number of amides is 1. The topological polar surface area (TPSA) is 49.3 Å². The van der Waals surface area contributed by atoms with Crippen molar-refractivity contribution in [1.82, 2.24) is 5.32 Å². The standard InChI is InChI=1S/C17H17ClFNO2/c1-11-2-3-12(8-15(11)19)10-20-17(22)9-16(21)13-4-6-14(18)7-5-13/h2-8,16,21H,9-10H2,1H3,(H,20,22). The zero-order chi connectivity index (χ0) is 16.1. The monoisotopic (exact) mass is 321 g/mol. The van der Waals surface area contributed by atoms with Crippen LogP contribution < -0.4 is 5.32 Å². The molecule has 5 heteroatoms. The molecule has 0 saturated heterocycles. The van der Waals surface area contributed by atoms with E-state index in [0.29, 0.717) is 21.7 Å². The van der Waals surface area contributed by atoms with Gasteiger partial charge in [0, 0.05) is 11.6 Å². The largest absolute Gasteiger partial charge is 0.388 e. The lowest BCUT2D eigenvalue weighted by molar-refractivity contribution is -0.123. The fraction of sp³-hybridized carbons (Fsp3) is 0.235. The summed E-state index contributed by atoms with van der Waals surface area (Å²) in [6, 6.07) is 11.5. The molecule has 0 saturated carbocycles. The highest BCUT2D eigenvalue weighted by Crippen LogP contribution is 2.19. The average Bonchev–Trinajstić information content (AvgIpc) is 2.49. The highest BCUT2D eigenvalue weighted by atomic mass is 35.5. The minimum atomic E-state index is -0.896. The van der Waals surface area contributed by atoms with Gasteiger partial charge in [0.2, 0.25) is 5.91 Å². The zero-order valence-electron chi connectivity index (χ0n) is 12.1. The number of rotatable bonds is 5. The summed E-state index contributed by atoms with van der Waals surface area (Å²) in [4.78, 5) is 11.8. The average molecular weight is 322 g/mol. The van der Waals surface area contributed by atoms with Crippen LogP contribution in [0.15, 0.2) is 42.5 Å². The van der Waals surface area contributed by atoms with Gasteiger partial charge in [0.25, 0.3) is 0 Å². The number of hydrogen-bond acceptors (Lipinski definition) is 2. The number of nitrogens with one attached hydrogen (secondary N) is 1. The second-order valence-electron chi connectivity index (χ2n) is 5.13. The third-order valence-electron chi connectivity index (χ3n) is 3.36. The van der Waals surface area contributed by atoms with E-state index in [-0.39, 0.29) is 24.7 Å². The second kappa shape index (κ2) is 7.38. The van der Waals surface area contributed by atoms with E-state index in [1.165, 1.54) is 6.07 Å². The van der Waals surface area contributed by atoms with E-state index in [0.717, 1.165) is 0 Å². The van der Waals surface area contributed by atoms with Crippen molar-refractivity contribution in [3.05, 3.63) is 70.0 Å². The van der Waals surface area contributed by atoms with E-state index in [1.807, 2.05) is 0 Å². The van der Waals surface area contributed by atoms with Gasteiger partial charge in [-0.1, -0.05) is 35.9 Å². The summed E-state index contributed by atoms with van der Waals surface area (Å²) in [5, 5.41) is 13.2. The molecule has 0 heterocycles. The Bertz CT molecular complexity index is 658. The lowest BCUT2D eigenvalue weighted by Crippen LogP contribution is -2.24. The van der Waals surface area contributed by atoms with Gasteiger partial charge in [0.15, 0.2) is 0 Å². The molecule has 116 valence electrons. The van der Waals surface area contributed by atoms with E-state index < -0.39 is 6.10 Å². The molecule has 0 aliphatic rings. The normalized spacial score (nSPS) is 12.0. The minimum Gasteiger partial charge on any atom is -0.388 e. The van der Waals surface area contributed by atoms with Crippen molar-refractivity contribution in [2.75, 3.05) is 0 Å². The Morgan fingerprint density at radius 1 is 1.27 bits per heavy atom. The smallest absolute Gasteiger partial charge is 0.223 e. The summed E-state index contributed by atoms with van der Waals surface area (Å²) in [6.45, 7) is 1.91. The Morgan fingerprint density at radius 2 is 1.95 bits per heavy atom. The maximum Gasteiger partial charge on any atom is 0.223 e. The third kappa shape index (κ3) is 4.55. The van der Waals surface area contributed by atoms with Gasteiger partial charge in [-0.05, 0) is 41.8 Å². The Balaban J connectivity index is 1.87. The molecule has 0 fully saturated rings. The summed E-state index contributed by atoms with van der Waals surface area (Å²) < 4.78 is 13.4. The molecule has 2 rings (SSSR count). The molecule has 2 aromatic carbocycles. The molecule has 1 amide bonds. The molecule has 0 bridgehead atoms. The van der Waals surface area contributed by atoms with Crippen LogP contribution in [0.1, 0.15) is 29.2 Å². The van der Waals surface area contributed by atoms with E-state index in [4.69, 9.17) is 11.6 Å². The summed E-state index contributed by atoms with van der Waals surface area (Å²) in [5.74, 6) is -0.601. The van der Waals surface area contributed by atoms with Crippen LogP contribution in [0.2, 0.25) is 5.02 Å². The summed E-state index contributed by atoms with van der Waals surface area (Å²) in [5.41, 5.74) is 1.87. The molecule has 2 aromatic rings. The first-order valence-corrected chi connectivity index (χ1v) is 7.29. The Labute approximate surface area is 133 Å². The van der Waals surface area contributed by atoms with Gasteiger partial charge in [-0.25, -0.2) is 4.39 Å². The lowest BCUT2D eigenvalue weighted by atomic mass is 10.1. The first kappa shape index (κ1) is 16.5. The van der Waals surface area contributed by atoms with Crippen molar-refractivity contribution >= 4 is 17.5 Å². The Morgan fingerprint density at radius 3 is 2.59 bits per heavy atom. The van der Waals surface area contributed by atoms with Crippen molar-refractivity contribution in [2.24, 2.45) is 0 Å². The highest BCUT2D eigenvalue weighted by molar-refractivity contribution is 6.30. The van der Waals surface area contributed by atoms with E-state index in [9.17, 15) is 14.3 Å². The fourth-order valence-corrected chi connectivity index (χ4v) is 2.12. The molecule has 1 atom stereocenters. The summed E-state index contributed by atoms with van der Waals surface area (Å²) in [7, 11) is 0. The van der Waals surface area contributed by atoms with E-state index >= 15 is 0 Å². The molecule has 0 radical (unpaired) electrons. The number of carbonyl (C=O) groups is 1. The first-order valence-electron chi connectivity index (χ1n) is 6.91. The van der Waals surface area contributed by atoms with Gasteiger partial charge in [0.1, 0.15) is 5.82 Å². The lowest BCUT2D eigenvalue weighted by Gasteiger charge is -2.11. The summed E-state index contributed by atoms with van der Waals surface area (Å²) >= 11 is 5.77.